The second-order valence-electron chi connectivity index (χ2n) is 5.09. The molecule has 1 fully saturated rings. The minimum Gasteiger partial charge on any atom is -0.411 e. The van der Waals surface area contributed by atoms with Gasteiger partial charge in [-0.1, -0.05) is 30.1 Å². The van der Waals surface area contributed by atoms with E-state index in [1.54, 1.807) is 6.20 Å². The van der Waals surface area contributed by atoms with Gasteiger partial charge in [-0.25, -0.2) is 4.98 Å². The zero-order chi connectivity index (χ0) is 13.8. The van der Waals surface area contributed by atoms with Crippen LogP contribution in [0.25, 0.3) is 11.4 Å². The summed E-state index contributed by atoms with van der Waals surface area (Å²) < 4.78 is 0. The van der Waals surface area contributed by atoms with Crippen molar-refractivity contribution in [2.75, 3.05) is 0 Å². The molecule has 102 valence electrons. The molecule has 1 aliphatic rings. The number of nitrogens with zero attached hydrogens (tertiary/aromatic N) is 3. The van der Waals surface area contributed by atoms with Crippen LogP contribution in [-0.4, -0.2) is 20.9 Å². The summed E-state index contributed by atoms with van der Waals surface area (Å²) in [5.41, 5.74) is 3.10. The molecule has 0 amide bonds. The fourth-order valence-electron chi connectivity index (χ4n) is 2.78. The predicted octanol–water partition coefficient (Wildman–Crippen LogP) is 3.51. The molecule has 0 saturated heterocycles. The molecule has 0 aliphatic heterocycles. The molecular weight excluding hydrogens is 250 g/mol. The van der Waals surface area contributed by atoms with Crippen molar-refractivity contribution in [3.63, 3.8) is 0 Å². The quantitative estimate of drug-likeness (QED) is 0.526. The topological polar surface area (TPSA) is 58.4 Å². The summed E-state index contributed by atoms with van der Waals surface area (Å²) in [6, 6.07) is 11.5. The number of hydrogen-bond donors (Lipinski definition) is 1. The SMILES string of the molecule is O/N=C(\c1cccc(-c2ccccn2)n1)C1CCCC1. The van der Waals surface area contributed by atoms with Gasteiger partial charge in [-0.05, 0) is 37.1 Å². The van der Waals surface area contributed by atoms with Crippen LogP contribution in [-0.2, 0) is 0 Å². The summed E-state index contributed by atoms with van der Waals surface area (Å²) >= 11 is 0. The third-order valence-electron chi connectivity index (χ3n) is 3.79. The Bertz CT molecular complexity index is 604. The molecule has 3 rings (SSSR count). The van der Waals surface area contributed by atoms with Crippen LogP contribution < -0.4 is 0 Å². The van der Waals surface area contributed by atoms with Crippen molar-refractivity contribution in [1.82, 2.24) is 9.97 Å². The first-order chi connectivity index (χ1) is 9.88. The first kappa shape index (κ1) is 12.8. The van der Waals surface area contributed by atoms with Crippen LogP contribution in [0, 0.1) is 5.92 Å². The normalized spacial score (nSPS) is 16.5. The van der Waals surface area contributed by atoms with Crippen LogP contribution in [0.2, 0.25) is 0 Å². The van der Waals surface area contributed by atoms with E-state index in [2.05, 4.69) is 15.1 Å². The minimum atomic E-state index is 0.325. The van der Waals surface area contributed by atoms with Crippen molar-refractivity contribution < 1.29 is 5.21 Å². The molecule has 20 heavy (non-hydrogen) atoms. The maximum Gasteiger partial charge on any atom is 0.108 e. The molecule has 0 radical (unpaired) electrons. The van der Waals surface area contributed by atoms with E-state index in [1.807, 2.05) is 36.4 Å². The average molecular weight is 267 g/mol. The summed E-state index contributed by atoms with van der Waals surface area (Å²) in [6.45, 7) is 0. The number of oxime groups is 1. The Labute approximate surface area is 118 Å². The van der Waals surface area contributed by atoms with Crippen LogP contribution in [0.5, 0.6) is 0 Å². The zero-order valence-corrected chi connectivity index (χ0v) is 11.2. The van der Waals surface area contributed by atoms with E-state index < -0.39 is 0 Å². The zero-order valence-electron chi connectivity index (χ0n) is 11.2. The largest absolute Gasteiger partial charge is 0.411 e. The van der Waals surface area contributed by atoms with Crippen molar-refractivity contribution in [2.24, 2.45) is 11.1 Å². The van der Waals surface area contributed by atoms with Crippen LogP contribution in [0.3, 0.4) is 0 Å². The van der Waals surface area contributed by atoms with Gasteiger partial charge < -0.3 is 5.21 Å². The van der Waals surface area contributed by atoms with Crippen molar-refractivity contribution in [3.8, 4) is 11.4 Å². The highest BCUT2D eigenvalue weighted by molar-refractivity contribution is 6.00. The Morgan fingerprint density at radius 2 is 1.85 bits per heavy atom. The Morgan fingerprint density at radius 3 is 2.55 bits per heavy atom. The molecule has 2 aromatic heterocycles. The highest BCUT2D eigenvalue weighted by Crippen LogP contribution is 2.28. The van der Waals surface area contributed by atoms with E-state index >= 15 is 0 Å². The number of rotatable bonds is 3. The highest BCUT2D eigenvalue weighted by Gasteiger charge is 2.23. The lowest BCUT2D eigenvalue weighted by atomic mass is 9.98. The lowest BCUT2D eigenvalue weighted by molar-refractivity contribution is 0.315. The summed E-state index contributed by atoms with van der Waals surface area (Å²) in [6.07, 6.45) is 6.30. The lowest BCUT2D eigenvalue weighted by Crippen LogP contribution is -2.14. The molecular formula is C16H17N3O. The van der Waals surface area contributed by atoms with Crippen molar-refractivity contribution in [2.45, 2.75) is 25.7 Å². The Morgan fingerprint density at radius 1 is 1.05 bits per heavy atom. The average Bonchev–Trinajstić information content (AvgIpc) is 3.03. The molecule has 0 unspecified atom stereocenters. The molecule has 4 nitrogen and oxygen atoms in total. The molecule has 4 heteroatoms. The first-order valence-corrected chi connectivity index (χ1v) is 6.99. The van der Waals surface area contributed by atoms with Crippen molar-refractivity contribution >= 4 is 5.71 Å². The van der Waals surface area contributed by atoms with Crippen molar-refractivity contribution in [1.29, 1.82) is 0 Å². The van der Waals surface area contributed by atoms with Gasteiger partial charge >= 0.3 is 0 Å². The Hall–Kier alpha value is -2.23. The molecule has 2 aromatic rings. The van der Waals surface area contributed by atoms with E-state index in [0.717, 1.165) is 29.9 Å². The van der Waals surface area contributed by atoms with E-state index in [4.69, 9.17) is 0 Å². The maximum atomic E-state index is 9.33. The van der Waals surface area contributed by atoms with Crippen molar-refractivity contribution in [3.05, 3.63) is 48.3 Å². The number of hydrogen-bond acceptors (Lipinski definition) is 4. The van der Waals surface area contributed by atoms with Gasteiger partial charge in [-0.3, -0.25) is 4.98 Å². The van der Waals surface area contributed by atoms with Gasteiger partial charge in [0.05, 0.1) is 17.1 Å². The predicted molar refractivity (Wildman–Crippen MR) is 77.7 cm³/mol. The number of aromatic nitrogens is 2. The molecule has 1 saturated carbocycles. The van der Waals surface area contributed by atoms with E-state index in [-0.39, 0.29) is 0 Å². The standard InChI is InChI=1S/C16H17N3O/c20-19-16(12-6-1-2-7-12)15-10-5-9-14(18-15)13-8-3-4-11-17-13/h3-5,8-12,20H,1-2,6-7H2/b19-16-. The monoisotopic (exact) mass is 267 g/mol. The maximum absolute atomic E-state index is 9.33. The Balaban J connectivity index is 1.94. The molecule has 1 aliphatic carbocycles. The van der Waals surface area contributed by atoms with Gasteiger partial charge in [-0.15, -0.1) is 0 Å². The van der Waals surface area contributed by atoms with Gasteiger partial charge in [0.2, 0.25) is 0 Å². The molecule has 0 aromatic carbocycles. The van der Waals surface area contributed by atoms with Gasteiger partial charge in [-0.2, -0.15) is 0 Å². The van der Waals surface area contributed by atoms with Crippen LogP contribution in [0.1, 0.15) is 31.4 Å². The fraction of sp³-hybridized carbons (Fsp3) is 0.312. The van der Waals surface area contributed by atoms with Gasteiger partial charge in [0.15, 0.2) is 0 Å². The molecule has 0 spiro atoms. The van der Waals surface area contributed by atoms with Crippen LogP contribution in [0.15, 0.2) is 47.8 Å². The van der Waals surface area contributed by atoms with Gasteiger partial charge in [0.1, 0.15) is 5.71 Å². The lowest BCUT2D eigenvalue weighted by Gasteiger charge is -2.11. The molecule has 2 heterocycles. The fourth-order valence-corrected chi connectivity index (χ4v) is 2.78. The Kier molecular flexibility index (Phi) is 3.72. The van der Waals surface area contributed by atoms with E-state index in [1.165, 1.54) is 12.8 Å². The second kappa shape index (κ2) is 5.82. The smallest absolute Gasteiger partial charge is 0.108 e. The van der Waals surface area contributed by atoms with Gasteiger partial charge in [0.25, 0.3) is 0 Å². The highest BCUT2D eigenvalue weighted by atomic mass is 16.4. The molecule has 0 atom stereocenters. The summed E-state index contributed by atoms with van der Waals surface area (Å²) in [5.74, 6) is 0.325. The van der Waals surface area contributed by atoms with Crippen LogP contribution in [0.4, 0.5) is 0 Å². The molecule has 1 N–H and O–H groups in total. The summed E-state index contributed by atoms with van der Waals surface area (Å²) in [5, 5.41) is 12.8. The van der Waals surface area contributed by atoms with Crippen LogP contribution >= 0.6 is 0 Å². The van der Waals surface area contributed by atoms with Gasteiger partial charge in [0, 0.05) is 12.1 Å². The third-order valence-corrected chi connectivity index (χ3v) is 3.79. The van der Waals surface area contributed by atoms with E-state index in [9.17, 15) is 5.21 Å². The summed E-state index contributed by atoms with van der Waals surface area (Å²) in [4.78, 5) is 8.91. The summed E-state index contributed by atoms with van der Waals surface area (Å²) in [7, 11) is 0. The third kappa shape index (κ3) is 2.54. The second-order valence-corrected chi connectivity index (χ2v) is 5.09. The first-order valence-electron chi connectivity index (χ1n) is 6.99. The minimum absolute atomic E-state index is 0.325. The molecule has 0 bridgehead atoms. The van der Waals surface area contributed by atoms with E-state index in [0.29, 0.717) is 11.6 Å². The number of pyridine rings is 2.